The summed E-state index contributed by atoms with van der Waals surface area (Å²) in [4.78, 5) is 5.51. The van der Waals surface area contributed by atoms with Crippen molar-refractivity contribution in [3.63, 3.8) is 0 Å². The number of hydrogen-bond donors (Lipinski definition) is 0. The fourth-order valence-corrected chi connectivity index (χ4v) is 3.32. The molecule has 96 valence electrons. The molecule has 1 aromatic heterocycles. The third-order valence-electron chi connectivity index (χ3n) is 2.72. The molecule has 1 atom stereocenters. The number of halogens is 4. The van der Waals surface area contributed by atoms with E-state index >= 15 is 0 Å². The summed E-state index contributed by atoms with van der Waals surface area (Å²) in [5, 5.41) is 1.12. The number of nitrogens with zero attached hydrogens (tertiary/aromatic N) is 3. The van der Waals surface area contributed by atoms with Crippen LogP contribution in [0.3, 0.4) is 0 Å². The molecule has 3 nitrogen and oxygen atoms in total. The summed E-state index contributed by atoms with van der Waals surface area (Å²) in [6, 6.07) is 0.220. The maximum Gasteiger partial charge on any atom is 0.452 e. The van der Waals surface area contributed by atoms with Gasteiger partial charge in [0.2, 0.25) is 11.0 Å². The van der Waals surface area contributed by atoms with Gasteiger partial charge in [0.1, 0.15) is 0 Å². The van der Waals surface area contributed by atoms with Gasteiger partial charge < -0.3 is 4.90 Å². The van der Waals surface area contributed by atoms with E-state index in [1.807, 2.05) is 4.90 Å². The minimum absolute atomic E-state index is 0.220. The minimum Gasteiger partial charge on any atom is -0.343 e. The van der Waals surface area contributed by atoms with Gasteiger partial charge in [-0.15, -0.1) is 0 Å². The number of aromatic nitrogens is 2. The molecule has 0 aliphatic carbocycles. The predicted octanol–water partition coefficient (Wildman–Crippen LogP) is 3.31. The van der Waals surface area contributed by atoms with Crippen LogP contribution >= 0.6 is 27.5 Å². The standard InChI is InChI=1S/C9H11BrF3N3S/c10-5-6-3-1-2-4-16(6)8-14-7(15-17-8)9(11,12)13/h6H,1-5H2. The second kappa shape index (κ2) is 5.09. The highest BCUT2D eigenvalue weighted by Crippen LogP contribution is 2.32. The van der Waals surface area contributed by atoms with E-state index in [0.717, 1.165) is 42.7 Å². The molecule has 1 saturated heterocycles. The fraction of sp³-hybridized carbons (Fsp3) is 0.778. The highest BCUT2D eigenvalue weighted by molar-refractivity contribution is 9.09. The predicted molar refractivity (Wildman–Crippen MR) is 63.7 cm³/mol. The van der Waals surface area contributed by atoms with Crippen molar-refractivity contribution >= 4 is 32.6 Å². The molecular weight excluding hydrogens is 319 g/mol. The SMILES string of the molecule is FC(F)(F)c1nsc(N2CCCCC2CBr)n1. The summed E-state index contributed by atoms with van der Waals surface area (Å²) in [6.07, 6.45) is -1.37. The van der Waals surface area contributed by atoms with Crippen LogP contribution in [-0.2, 0) is 6.18 Å². The first kappa shape index (κ1) is 13.1. The lowest BCUT2D eigenvalue weighted by molar-refractivity contribution is -0.144. The van der Waals surface area contributed by atoms with Gasteiger partial charge in [-0.1, -0.05) is 15.9 Å². The largest absolute Gasteiger partial charge is 0.452 e. The van der Waals surface area contributed by atoms with Gasteiger partial charge in [-0.2, -0.15) is 22.5 Å². The smallest absolute Gasteiger partial charge is 0.343 e. The molecule has 1 aliphatic heterocycles. The van der Waals surface area contributed by atoms with Crippen LogP contribution in [0.5, 0.6) is 0 Å². The van der Waals surface area contributed by atoms with Crippen LogP contribution in [-0.4, -0.2) is 27.3 Å². The van der Waals surface area contributed by atoms with Crippen molar-refractivity contribution in [1.29, 1.82) is 0 Å². The zero-order valence-electron chi connectivity index (χ0n) is 8.87. The number of anilines is 1. The van der Waals surface area contributed by atoms with E-state index in [0.29, 0.717) is 5.13 Å². The van der Waals surface area contributed by atoms with Crippen molar-refractivity contribution in [2.75, 3.05) is 16.8 Å². The van der Waals surface area contributed by atoms with E-state index < -0.39 is 12.0 Å². The Morgan fingerprint density at radius 1 is 1.41 bits per heavy atom. The molecule has 1 unspecified atom stereocenters. The van der Waals surface area contributed by atoms with E-state index in [-0.39, 0.29) is 6.04 Å². The van der Waals surface area contributed by atoms with E-state index in [1.165, 1.54) is 0 Å². The number of hydrogen-bond acceptors (Lipinski definition) is 4. The van der Waals surface area contributed by atoms with Crippen molar-refractivity contribution in [1.82, 2.24) is 9.36 Å². The molecule has 0 spiro atoms. The molecule has 0 radical (unpaired) electrons. The van der Waals surface area contributed by atoms with Crippen LogP contribution < -0.4 is 4.90 Å². The molecule has 0 saturated carbocycles. The van der Waals surface area contributed by atoms with Gasteiger partial charge in [0.15, 0.2) is 0 Å². The van der Waals surface area contributed by atoms with E-state index in [1.54, 1.807) is 0 Å². The van der Waals surface area contributed by atoms with E-state index in [9.17, 15) is 13.2 Å². The third kappa shape index (κ3) is 2.90. The quantitative estimate of drug-likeness (QED) is 0.779. The molecular formula is C9H11BrF3N3S. The number of piperidine rings is 1. The molecule has 1 aliphatic rings. The first-order valence-electron chi connectivity index (χ1n) is 5.26. The van der Waals surface area contributed by atoms with Crippen LogP contribution in [0.4, 0.5) is 18.3 Å². The molecule has 2 heterocycles. The van der Waals surface area contributed by atoms with Gasteiger partial charge >= 0.3 is 6.18 Å². The van der Waals surface area contributed by atoms with Crippen LogP contribution in [0.2, 0.25) is 0 Å². The lowest BCUT2D eigenvalue weighted by Gasteiger charge is -2.34. The summed E-state index contributed by atoms with van der Waals surface area (Å²) in [6.45, 7) is 0.753. The zero-order chi connectivity index (χ0) is 12.5. The van der Waals surface area contributed by atoms with Crippen molar-refractivity contribution in [3.05, 3.63) is 5.82 Å². The fourth-order valence-electron chi connectivity index (χ4n) is 1.86. The average Bonchev–Trinajstić information content (AvgIpc) is 2.77. The topological polar surface area (TPSA) is 29.0 Å². The highest BCUT2D eigenvalue weighted by Gasteiger charge is 2.37. The zero-order valence-corrected chi connectivity index (χ0v) is 11.3. The average molecular weight is 330 g/mol. The summed E-state index contributed by atoms with van der Waals surface area (Å²) in [5.74, 6) is -1.03. The first-order chi connectivity index (χ1) is 8.02. The molecule has 8 heteroatoms. The Bertz CT molecular complexity index is 382. The van der Waals surface area contributed by atoms with E-state index in [4.69, 9.17) is 0 Å². The second-order valence-electron chi connectivity index (χ2n) is 3.90. The minimum atomic E-state index is -4.45. The molecule has 17 heavy (non-hydrogen) atoms. The van der Waals surface area contributed by atoms with Gasteiger partial charge in [0.05, 0.1) is 0 Å². The van der Waals surface area contributed by atoms with Crippen molar-refractivity contribution < 1.29 is 13.2 Å². The molecule has 1 fully saturated rings. The Morgan fingerprint density at radius 3 is 2.76 bits per heavy atom. The first-order valence-corrected chi connectivity index (χ1v) is 7.15. The molecule has 0 aromatic carbocycles. The monoisotopic (exact) mass is 329 g/mol. The van der Waals surface area contributed by atoms with Crippen molar-refractivity contribution in [2.45, 2.75) is 31.5 Å². The summed E-state index contributed by atoms with van der Waals surface area (Å²) in [5.41, 5.74) is 0. The summed E-state index contributed by atoms with van der Waals surface area (Å²) in [7, 11) is 0. The second-order valence-corrected chi connectivity index (χ2v) is 5.27. The van der Waals surface area contributed by atoms with Crippen LogP contribution in [0.1, 0.15) is 25.1 Å². The normalized spacial score (nSPS) is 21.9. The van der Waals surface area contributed by atoms with Crippen molar-refractivity contribution in [3.8, 4) is 0 Å². The lowest BCUT2D eigenvalue weighted by Crippen LogP contribution is -2.40. The molecule has 2 rings (SSSR count). The highest BCUT2D eigenvalue weighted by atomic mass is 79.9. The van der Waals surface area contributed by atoms with Gasteiger partial charge in [-0.3, -0.25) is 0 Å². The van der Waals surface area contributed by atoms with Crippen molar-refractivity contribution in [2.24, 2.45) is 0 Å². The van der Waals surface area contributed by atoms with Gasteiger partial charge in [-0.05, 0) is 19.3 Å². The van der Waals surface area contributed by atoms with E-state index in [2.05, 4.69) is 25.3 Å². The Labute approximate surface area is 109 Å². The Hall–Kier alpha value is -0.370. The maximum absolute atomic E-state index is 12.4. The molecule has 0 amide bonds. The Morgan fingerprint density at radius 2 is 2.18 bits per heavy atom. The van der Waals surface area contributed by atoms with Crippen LogP contribution in [0, 0.1) is 0 Å². The number of rotatable bonds is 2. The summed E-state index contributed by atoms with van der Waals surface area (Å²) < 4.78 is 40.6. The molecule has 1 aromatic rings. The van der Waals surface area contributed by atoms with Gasteiger partial charge in [0.25, 0.3) is 0 Å². The number of alkyl halides is 4. The lowest BCUT2D eigenvalue weighted by atomic mass is 10.0. The Kier molecular flexibility index (Phi) is 3.92. The maximum atomic E-state index is 12.4. The van der Waals surface area contributed by atoms with Gasteiger partial charge in [-0.25, -0.2) is 0 Å². The van der Waals surface area contributed by atoms with Crippen LogP contribution in [0.25, 0.3) is 0 Å². The third-order valence-corrected chi connectivity index (χ3v) is 4.22. The summed E-state index contributed by atoms with van der Waals surface area (Å²) >= 11 is 4.21. The Balaban J connectivity index is 2.18. The molecule has 0 N–H and O–H groups in total. The van der Waals surface area contributed by atoms with Gasteiger partial charge in [0, 0.05) is 29.4 Å². The molecule has 0 bridgehead atoms. The van der Waals surface area contributed by atoms with Crippen LogP contribution in [0.15, 0.2) is 0 Å².